The molecule has 2 fully saturated rings. The number of hydrogen-bond donors (Lipinski definition) is 2. The van der Waals surface area contributed by atoms with E-state index in [2.05, 4.69) is 5.32 Å². The Morgan fingerprint density at radius 3 is 2.35 bits per heavy atom. The van der Waals surface area contributed by atoms with Crippen molar-refractivity contribution in [1.29, 1.82) is 0 Å². The molecular weight excluding hydrogens is 220 g/mol. The highest BCUT2D eigenvalue weighted by Crippen LogP contribution is 2.28. The van der Waals surface area contributed by atoms with Gasteiger partial charge in [-0.3, -0.25) is 9.59 Å². The number of aliphatic carboxylic acids is 1. The summed E-state index contributed by atoms with van der Waals surface area (Å²) in [4.78, 5) is 24.4. The maximum absolute atomic E-state index is 12.1. The third kappa shape index (κ3) is 3.70. The predicted molar refractivity (Wildman–Crippen MR) is 62.6 cm³/mol. The largest absolute Gasteiger partial charge is 0.480 e. The minimum Gasteiger partial charge on any atom is -0.480 e. The van der Waals surface area contributed by atoms with Crippen LogP contribution < -0.4 is 5.32 Å². The van der Waals surface area contributed by atoms with Gasteiger partial charge in [0.05, 0.1) is 0 Å². The lowest BCUT2D eigenvalue weighted by atomic mass is 9.94. The lowest BCUT2D eigenvalue weighted by molar-refractivity contribution is -0.145. The second-order valence-electron chi connectivity index (χ2n) is 5.04. The molecule has 0 atom stereocenters. The van der Waals surface area contributed by atoms with Gasteiger partial charge in [0.1, 0.15) is 6.54 Å². The first-order chi connectivity index (χ1) is 8.16. The Bertz CT molecular complexity index is 296. The monoisotopic (exact) mass is 240 g/mol. The van der Waals surface area contributed by atoms with E-state index >= 15 is 0 Å². The van der Waals surface area contributed by atoms with Gasteiger partial charge in [0.25, 0.3) is 0 Å². The minimum absolute atomic E-state index is 0.0294. The highest BCUT2D eigenvalue weighted by atomic mass is 16.4. The lowest BCUT2D eigenvalue weighted by Crippen LogP contribution is -2.39. The first-order valence-electron chi connectivity index (χ1n) is 6.39. The van der Waals surface area contributed by atoms with Gasteiger partial charge in [0.15, 0.2) is 0 Å². The zero-order valence-electron chi connectivity index (χ0n) is 10.0. The normalized spacial score (nSPS) is 21.2. The van der Waals surface area contributed by atoms with Crippen LogP contribution >= 0.6 is 0 Å². The molecule has 0 unspecified atom stereocenters. The molecule has 0 aromatic carbocycles. The van der Waals surface area contributed by atoms with Crippen molar-refractivity contribution < 1.29 is 14.7 Å². The first-order valence-corrected chi connectivity index (χ1v) is 6.39. The van der Waals surface area contributed by atoms with Gasteiger partial charge in [0.2, 0.25) is 5.91 Å². The quantitative estimate of drug-likeness (QED) is 0.732. The molecule has 1 aliphatic carbocycles. The van der Waals surface area contributed by atoms with E-state index in [4.69, 9.17) is 5.11 Å². The molecule has 96 valence electrons. The molecule has 1 saturated carbocycles. The molecule has 0 aromatic heterocycles. The van der Waals surface area contributed by atoms with Crippen LogP contribution in [0.2, 0.25) is 0 Å². The average molecular weight is 240 g/mol. The van der Waals surface area contributed by atoms with E-state index < -0.39 is 5.97 Å². The van der Waals surface area contributed by atoms with E-state index in [1.807, 2.05) is 0 Å². The molecule has 1 aliphatic heterocycles. The second-order valence-corrected chi connectivity index (χ2v) is 5.04. The van der Waals surface area contributed by atoms with Gasteiger partial charge in [0, 0.05) is 12.5 Å². The number of nitrogens with zero attached hydrogens (tertiary/aromatic N) is 1. The summed E-state index contributed by atoms with van der Waals surface area (Å²) in [6.45, 7) is 1.81. The smallest absolute Gasteiger partial charge is 0.323 e. The zero-order chi connectivity index (χ0) is 12.3. The molecule has 5 heteroatoms. The van der Waals surface area contributed by atoms with E-state index in [-0.39, 0.29) is 18.5 Å². The fourth-order valence-electron chi connectivity index (χ4n) is 2.40. The van der Waals surface area contributed by atoms with Gasteiger partial charge < -0.3 is 15.3 Å². The summed E-state index contributed by atoms with van der Waals surface area (Å²) in [5.74, 6) is -0.448. The van der Waals surface area contributed by atoms with Gasteiger partial charge in [-0.15, -0.1) is 0 Å². The van der Waals surface area contributed by atoms with E-state index in [0.717, 1.165) is 38.8 Å². The van der Waals surface area contributed by atoms with Crippen LogP contribution in [-0.2, 0) is 9.59 Å². The number of carboxylic acid groups (broad SMARTS) is 1. The molecule has 1 heterocycles. The van der Waals surface area contributed by atoms with Crippen LogP contribution in [0.25, 0.3) is 0 Å². The molecule has 0 radical (unpaired) electrons. The molecule has 5 nitrogen and oxygen atoms in total. The molecule has 2 aliphatic rings. The predicted octanol–water partition coefficient (Wildman–Crippen LogP) is 0.452. The number of hydrogen-bond acceptors (Lipinski definition) is 3. The maximum atomic E-state index is 12.1. The Hall–Kier alpha value is -1.10. The van der Waals surface area contributed by atoms with Crippen molar-refractivity contribution in [2.75, 3.05) is 19.6 Å². The third-order valence-electron chi connectivity index (χ3n) is 3.54. The van der Waals surface area contributed by atoms with Crippen molar-refractivity contribution in [3.05, 3.63) is 0 Å². The standard InChI is InChI=1S/C12H20N2O3/c15-11(7-9-3-5-13-6-4-9)14(8-12(16)17)10-1-2-10/h9-10,13H,1-8H2,(H,16,17). The summed E-state index contributed by atoms with van der Waals surface area (Å²) in [6, 6.07) is 0.195. The molecule has 1 amide bonds. The van der Waals surface area contributed by atoms with Gasteiger partial charge in [-0.2, -0.15) is 0 Å². The SMILES string of the molecule is O=C(O)CN(C(=O)CC1CCNCC1)C1CC1. The van der Waals surface area contributed by atoms with Gasteiger partial charge in [-0.05, 0) is 44.7 Å². The Morgan fingerprint density at radius 2 is 1.82 bits per heavy atom. The molecule has 0 bridgehead atoms. The van der Waals surface area contributed by atoms with Crippen LogP contribution in [0.15, 0.2) is 0 Å². The molecule has 2 N–H and O–H groups in total. The van der Waals surface area contributed by atoms with Crippen molar-refractivity contribution in [3.63, 3.8) is 0 Å². The van der Waals surface area contributed by atoms with Crippen LogP contribution in [-0.4, -0.2) is 47.6 Å². The highest BCUT2D eigenvalue weighted by molar-refractivity contribution is 5.82. The Balaban J connectivity index is 1.84. The van der Waals surface area contributed by atoms with E-state index in [0.29, 0.717) is 12.3 Å². The van der Waals surface area contributed by atoms with E-state index in [1.165, 1.54) is 0 Å². The van der Waals surface area contributed by atoms with E-state index in [1.54, 1.807) is 4.90 Å². The van der Waals surface area contributed by atoms with Gasteiger partial charge in [-0.25, -0.2) is 0 Å². The van der Waals surface area contributed by atoms with Crippen LogP contribution in [0.1, 0.15) is 32.1 Å². The van der Waals surface area contributed by atoms with E-state index in [9.17, 15) is 9.59 Å². The fourth-order valence-corrected chi connectivity index (χ4v) is 2.40. The number of piperidine rings is 1. The summed E-state index contributed by atoms with van der Waals surface area (Å²) >= 11 is 0. The second kappa shape index (κ2) is 5.49. The van der Waals surface area contributed by atoms with Crippen molar-refractivity contribution in [2.24, 2.45) is 5.92 Å². The van der Waals surface area contributed by atoms with Gasteiger partial charge in [-0.1, -0.05) is 0 Å². The summed E-state index contributed by atoms with van der Waals surface area (Å²) in [5, 5.41) is 12.1. The third-order valence-corrected chi connectivity index (χ3v) is 3.54. The zero-order valence-corrected chi connectivity index (χ0v) is 10.0. The van der Waals surface area contributed by atoms with Crippen molar-refractivity contribution in [2.45, 2.75) is 38.1 Å². The number of carbonyl (C=O) groups is 2. The minimum atomic E-state index is -0.907. The summed E-state index contributed by atoms with van der Waals surface area (Å²) in [5.41, 5.74) is 0. The Morgan fingerprint density at radius 1 is 1.18 bits per heavy atom. The maximum Gasteiger partial charge on any atom is 0.323 e. The molecule has 17 heavy (non-hydrogen) atoms. The number of carbonyl (C=O) groups excluding carboxylic acids is 1. The van der Waals surface area contributed by atoms with Crippen molar-refractivity contribution in [1.82, 2.24) is 10.2 Å². The molecule has 2 rings (SSSR count). The molecular formula is C12H20N2O3. The summed E-state index contributed by atoms with van der Waals surface area (Å²) in [6.07, 6.45) is 4.50. The highest BCUT2D eigenvalue weighted by Gasteiger charge is 2.34. The van der Waals surface area contributed by atoms with Crippen molar-refractivity contribution >= 4 is 11.9 Å². The summed E-state index contributed by atoms with van der Waals surface area (Å²) in [7, 11) is 0. The summed E-state index contributed by atoms with van der Waals surface area (Å²) < 4.78 is 0. The van der Waals surface area contributed by atoms with Crippen LogP contribution in [0.4, 0.5) is 0 Å². The Kier molecular flexibility index (Phi) is 3.99. The fraction of sp³-hybridized carbons (Fsp3) is 0.833. The molecule has 0 spiro atoms. The average Bonchev–Trinajstić information content (AvgIpc) is 3.10. The Labute approximate surface area is 101 Å². The van der Waals surface area contributed by atoms with Crippen LogP contribution in [0, 0.1) is 5.92 Å². The number of nitrogens with one attached hydrogen (secondary N) is 1. The molecule has 0 aromatic rings. The lowest BCUT2D eigenvalue weighted by Gasteiger charge is -2.26. The number of rotatable bonds is 5. The molecule has 1 saturated heterocycles. The number of carboxylic acids is 1. The van der Waals surface area contributed by atoms with Gasteiger partial charge >= 0.3 is 5.97 Å². The topological polar surface area (TPSA) is 69.6 Å². The first kappa shape index (κ1) is 12.4. The van der Waals surface area contributed by atoms with Crippen LogP contribution in [0.3, 0.4) is 0 Å². The van der Waals surface area contributed by atoms with Crippen molar-refractivity contribution in [3.8, 4) is 0 Å². The van der Waals surface area contributed by atoms with Crippen LogP contribution in [0.5, 0.6) is 0 Å². The number of amides is 1.